The smallest absolute Gasteiger partial charge is 0.235 e. The van der Waals surface area contributed by atoms with E-state index >= 15 is 0 Å². The number of rotatable bonds is 2. The van der Waals surface area contributed by atoms with Crippen LogP contribution in [0.3, 0.4) is 0 Å². The lowest BCUT2D eigenvalue weighted by atomic mass is 10.00. The van der Waals surface area contributed by atoms with Crippen molar-refractivity contribution in [2.75, 3.05) is 0 Å². The summed E-state index contributed by atoms with van der Waals surface area (Å²) in [6, 6.07) is 50.1. The first kappa shape index (κ1) is 25.6. The summed E-state index contributed by atoms with van der Waals surface area (Å²) in [5.74, 6) is 0.694. The van der Waals surface area contributed by atoms with Crippen LogP contribution in [0.15, 0.2) is 140 Å². The van der Waals surface area contributed by atoms with E-state index in [0.717, 1.165) is 32.5 Å². The van der Waals surface area contributed by atoms with E-state index in [0.29, 0.717) is 5.95 Å². The maximum atomic E-state index is 5.54. The van der Waals surface area contributed by atoms with Gasteiger partial charge < -0.3 is 0 Å². The zero-order chi connectivity index (χ0) is 30.6. The van der Waals surface area contributed by atoms with E-state index in [1.54, 1.807) is 11.3 Å². The Balaban J connectivity index is 1.39. The molecule has 11 aromatic rings. The van der Waals surface area contributed by atoms with E-state index in [-0.39, 0.29) is 0 Å². The molecule has 0 bridgehead atoms. The first-order valence-electron chi connectivity index (χ1n) is 15.8. The molecular formula is C42H23N3S2. The highest BCUT2D eigenvalue weighted by atomic mass is 32.1. The third-order valence-electron chi connectivity index (χ3n) is 9.59. The van der Waals surface area contributed by atoms with Crippen LogP contribution in [-0.4, -0.2) is 14.5 Å². The van der Waals surface area contributed by atoms with E-state index < -0.39 is 0 Å². The van der Waals surface area contributed by atoms with Crippen LogP contribution in [0.5, 0.6) is 0 Å². The zero-order valence-corrected chi connectivity index (χ0v) is 26.6. The molecule has 218 valence electrons. The van der Waals surface area contributed by atoms with Crippen molar-refractivity contribution in [3.63, 3.8) is 0 Å². The van der Waals surface area contributed by atoms with Crippen molar-refractivity contribution in [1.29, 1.82) is 0 Å². The van der Waals surface area contributed by atoms with Crippen molar-refractivity contribution in [2.24, 2.45) is 0 Å². The minimum atomic E-state index is 0.694. The fourth-order valence-corrected chi connectivity index (χ4v) is 10.0. The quantitative estimate of drug-likeness (QED) is 0.190. The molecule has 47 heavy (non-hydrogen) atoms. The Labute approximate surface area is 276 Å². The fraction of sp³-hybridized carbons (Fsp3) is 0. The molecule has 0 amide bonds. The van der Waals surface area contributed by atoms with Crippen molar-refractivity contribution in [2.45, 2.75) is 0 Å². The molecule has 5 heteroatoms. The second kappa shape index (κ2) is 9.46. The molecule has 4 aromatic heterocycles. The number of hydrogen-bond acceptors (Lipinski definition) is 4. The van der Waals surface area contributed by atoms with Crippen LogP contribution in [0.2, 0.25) is 0 Å². The molecule has 0 atom stereocenters. The molecule has 0 aliphatic rings. The minimum Gasteiger partial charge on any atom is -0.277 e. The van der Waals surface area contributed by atoms with Gasteiger partial charge in [0.1, 0.15) is 0 Å². The maximum absolute atomic E-state index is 5.54. The lowest BCUT2D eigenvalue weighted by molar-refractivity contribution is 1.02. The van der Waals surface area contributed by atoms with Gasteiger partial charge in [-0.25, -0.2) is 9.97 Å². The molecule has 7 aromatic carbocycles. The summed E-state index contributed by atoms with van der Waals surface area (Å²) in [6.07, 6.45) is 0. The number of nitrogens with zero attached hydrogens (tertiary/aromatic N) is 3. The van der Waals surface area contributed by atoms with Crippen LogP contribution in [0.1, 0.15) is 0 Å². The normalized spacial score (nSPS) is 12.3. The number of aromatic nitrogens is 3. The second-order valence-electron chi connectivity index (χ2n) is 12.1. The Kier molecular flexibility index (Phi) is 5.14. The fourth-order valence-electron chi connectivity index (χ4n) is 7.61. The summed E-state index contributed by atoms with van der Waals surface area (Å²) in [7, 11) is 0. The number of hydrogen-bond donors (Lipinski definition) is 0. The van der Waals surface area contributed by atoms with Crippen molar-refractivity contribution < 1.29 is 0 Å². The summed E-state index contributed by atoms with van der Waals surface area (Å²) < 4.78 is 7.30. The highest BCUT2D eigenvalue weighted by Crippen LogP contribution is 2.48. The molecule has 11 rings (SSSR count). The SMILES string of the molecule is c1ccc(-c2nc(-n3c4ccccc4c4c5c6ccccc6sc5c5ccccc5c43)nc3c2sc2ccc4ccccc4c23)cc1. The molecule has 0 N–H and O–H groups in total. The lowest BCUT2D eigenvalue weighted by Crippen LogP contribution is -2.03. The number of thiophene rings is 2. The summed E-state index contributed by atoms with van der Waals surface area (Å²) in [5.41, 5.74) is 5.32. The monoisotopic (exact) mass is 633 g/mol. The van der Waals surface area contributed by atoms with E-state index in [1.807, 2.05) is 11.3 Å². The standard InChI is InChI=1S/C42H23N3S2/c1-2-13-25(14-3-1)37-41-38(34-26-15-5-4-12-24(26)22-23-33(34)47-41)44-42(43-37)45-31-20-10-8-18-29(31)35-36-30-19-9-11-21-32(30)46-40(36)28-17-7-6-16-27(28)39(35)45/h1-23H. The minimum absolute atomic E-state index is 0.694. The van der Waals surface area contributed by atoms with Gasteiger partial charge in [-0.3, -0.25) is 4.57 Å². The van der Waals surface area contributed by atoms with Gasteiger partial charge in [0.2, 0.25) is 5.95 Å². The van der Waals surface area contributed by atoms with Crippen LogP contribution in [0, 0.1) is 0 Å². The Morgan fingerprint density at radius 2 is 1.13 bits per heavy atom. The zero-order valence-electron chi connectivity index (χ0n) is 24.9. The molecule has 0 saturated heterocycles. The Hall–Kier alpha value is -5.62. The average Bonchev–Trinajstić information content (AvgIpc) is 3.82. The van der Waals surface area contributed by atoms with Gasteiger partial charge in [-0.1, -0.05) is 121 Å². The summed E-state index contributed by atoms with van der Waals surface area (Å²) >= 11 is 3.67. The highest BCUT2D eigenvalue weighted by Gasteiger charge is 2.24. The lowest BCUT2D eigenvalue weighted by Gasteiger charge is -2.12. The third kappa shape index (κ3) is 3.45. The van der Waals surface area contributed by atoms with Gasteiger partial charge in [0.05, 0.1) is 26.9 Å². The van der Waals surface area contributed by atoms with Gasteiger partial charge in [-0.2, -0.15) is 0 Å². The molecule has 0 radical (unpaired) electrons. The third-order valence-corrected chi connectivity index (χ3v) is 11.9. The largest absolute Gasteiger partial charge is 0.277 e. The maximum Gasteiger partial charge on any atom is 0.235 e. The number of benzene rings is 7. The Bertz CT molecular complexity index is 3070. The van der Waals surface area contributed by atoms with Gasteiger partial charge in [0.15, 0.2) is 0 Å². The van der Waals surface area contributed by atoms with Crippen LogP contribution in [-0.2, 0) is 0 Å². The molecule has 0 saturated carbocycles. The van der Waals surface area contributed by atoms with E-state index in [2.05, 4.69) is 144 Å². The topological polar surface area (TPSA) is 30.7 Å². The van der Waals surface area contributed by atoms with Crippen molar-refractivity contribution >= 4 is 106 Å². The summed E-state index contributed by atoms with van der Waals surface area (Å²) in [4.78, 5) is 11.0. The molecule has 3 nitrogen and oxygen atoms in total. The molecule has 0 spiro atoms. The molecular weight excluding hydrogens is 611 g/mol. The van der Waals surface area contributed by atoms with E-state index in [1.165, 1.54) is 62.6 Å². The summed E-state index contributed by atoms with van der Waals surface area (Å²) in [5, 5.41) is 11.2. The Morgan fingerprint density at radius 1 is 0.447 bits per heavy atom. The molecule has 4 heterocycles. The summed E-state index contributed by atoms with van der Waals surface area (Å²) in [6.45, 7) is 0. The Morgan fingerprint density at radius 3 is 2.00 bits per heavy atom. The molecule has 0 aliphatic heterocycles. The molecule has 0 unspecified atom stereocenters. The van der Waals surface area contributed by atoms with Crippen LogP contribution in [0.25, 0.3) is 101 Å². The first-order chi connectivity index (χ1) is 23.3. The number of fused-ring (bicyclic) bond motifs is 15. The van der Waals surface area contributed by atoms with Gasteiger partial charge in [-0.15, -0.1) is 22.7 Å². The van der Waals surface area contributed by atoms with Crippen molar-refractivity contribution in [3.8, 4) is 17.2 Å². The average molecular weight is 634 g/mol. The van der Waals surface area contributed by atoms with Crippen LogP contribution in [0.4, 0.5) is 0 Å². The first-order valence-corrected chi connectivity index (χ1v) is 17.4. The second-order valence-corrected chi connectivity index (χ2v) is 14.2. The van der Waals surface area contributed by atoms with Crippen LogP contribution >= 0.6 is 22.7 Å². The van der Waals surface area contributed by atoms with Gasteiger partial charge in [0, 0.05) is 57.4 Å². The van der Waals surface area contributed by atoms with Crippen LogP contribution < -0.4 is 0 Å². The van der Waals surface area contributed by atoms with Gasteiger partial charge in [-0.05, 0) is 29.0 Å². The van der Waals surface area contributed by atoms with Crippen molar-refractivity contribution in [3.05, 3.63) is 140 Å². The van der Waals surface area contributed by atoms with E-state index in [9.17, 15) is 0 Å². The highest BCUT2D eigenvalue weighted by molar-refractivity contribution is 7.27. The van der Waals surface area contributed by atoms with Crippen molar-refractivity contribution in [1.82, 2.24) is 14.5 Å². The predicted molar refractivity (Wildman–Crippen MR) is 203 cm³/mol. The molecule has 0 fully saturated rings. The predicted octanol–water partition coefficient (Wildman–Crippen LogP) is 12.3. The molecule has 0 aliphatic carbocycles. The van der Waals surface area contributed by atoms with E-state index in [4.69, 9.17) is 9.97 Å². The van der Waals surface area contributed by atoms with Gasteiger partial charge >= 0.3 is 0 Å². The number of para-hydroxylation sites is 1. The van der Waals surface area contributed by atoms with Gasteiger partial charge in [0.25, 0.3) is 0 Å².